The zero-order valence-corrected chi connectivity index (χ0v) is 12.4. The second-order valence-corrected chi connectivity index (χ2v) is 5.43. The topological polar surface area (TPSA) is 33.3 Å². The van der Waals surface area contributed by atoms with E-state index in [1.165, 1.54) is 11.1 Å². The predicted molar refractivity (Wildman–Crippen MR) is 85.4 cm³/mol. The Bertz CT molecular complexity index is 570. The van der Waals surface area contributed by atoms with Gasteiger partial charge in [-0.15, -0.1) is 0 Å². The molecule has 0 aliphatic carbocycles. The lowest BCUT2D eigenvalue weighted by Crippen LogP contribution is -2.34. The highest BCUT2D eigenvalue weighted by Crippen LogP contribution is 2.25. The molecule has 0 radical (unpaired) electrons. The summed E-state index contributed by atoms with van der Waals surface area (Å²) < 4.78 is 5.42. The Morgan fingerprint density at radius 1 is 1.10 bits per heavy atom. The van der Waals surface area contributed by atoms with Crippen molar-refractivity contribution in [3.05, 3.63) is 65.7 Å². The first kappa shape index (κ1) is 14.1. The second kappa shape index (κ2) is 6.74. The standard InChI is InChI=1S/C18H22N2O/c1-21-17-10-6-5-9-15(17)13-20-16-11-12-19-18(16)14-7-3-2-4-8-14/h2-10,16,18-20H,11-13H2,1H3/t16-,18+/m0/s1. The molecule has 0 bridgehead atoms. The molecule has 21 heavy (non-hydrogen) atoms. The highest BCUT2D eigenvalue weighted by atomic mass is 16.5. The van der Waals surface area contributed by atoms with Gasteiger partial charge in [0.25, 0.3) is 0 Å². The fourth-order valence-electron chi connectivity index (χ4n) is 3.02. The van der Waals surface area contributed by atoms with Gasteiger partial charge in [-0.25, -0.2) is 0 Å². The van der Waals surface area contributed by atoms with Gasteiger partial charge < -0.3 is 15.4 Å². The van der Waals surface area contributed by atoms with Crippen LogP contribution in [0.25, 0.3) is 0 Å². The molecule has 1 heterocycles. The first-order valence-corrected chi connectivity index (χ1v) is 7.52. The number of hydrogen-bond donors (Lipinski definition) is 2. The van der Waals surface area contributed by atoms with E-state index in [9.17, 15) is 0 Å². The quantitative estimate of drug-likeness (QED) is 0.884. The highest BCUT2D eigenvalue weighted by molar-refractivity contribution is 5.33. The van der Waals surface area contributed by atoms with Gasteiger partial charge >= 0.3 is 0 Å². The van der Waals surface area contributed by atoms with E-state index in [0.717, 1.165) is 25.3 Å². The van der Waals surface area contributed by atoms with Crippen LogP contribution in [0.15, 0.2) is 54.6 Å². The molecule has 2 N–H and O–H groups in total. The molecule has 2 aromatic rings. The maximum atomic E-state index is 5.42. The Morgan fingerprint density at radius 2 is 1.86 bits per heavy atom. The molecule has 0 amide bonds. The monoisotopic (exact) mass is 282 g/mol. The van der Waals surface area contributed by atoms with Crippen LogP contribution in [-0.4, -0.2) is 19.7 Å². The van der Waals surface area contributed by atoms with Gasteiger partial charge in [0.2, 0.25) is 0 Å². The molecular formula is C18H22N2O. The third kappa shape index (κ3) is 3.26. The van der Waals surface area contributed by atoms with E-state index in [1.54, 1.807) is 7.11 Å². The maximum Gasteiger partial charge on any atom is 0.123 e. The van der Waals surface area contributed by atoms with Crippen molar-refractivity contribution in [3.63, 3.8) is 0 Å². The van der Waals surface area contributed by atoms with Gasteiger partial charge in [0.15, 0.2) is 0 Å². The van der Waals surface area contributed by atoms with E-state index < -0.39 is 0 Å². The molecule has 1 saturated heterocycles. The van der Waals surface area contributed by atoms with E-state index in [-0.39, 0.29) is 0 Å². The first-order chi connectivity index (χ1) is 10.4. The molecule has 3 rings (SSSR count). The van der Waals surface area contributed by atoms with Crippen molar-refractivity contribution in [1.82, 2.24) is 10.6 Å². The normalized spacial score (nSPS) is 21.4. The van der Waals surface area contributed by atoms with Crippen LogP contribution in [0.3, 0.4) is 0 Å². The lowest BCUT2D eigenvalue weighted by molar-refractivity contribution is 0.401. The molecule has 1 aliphatic heterocycles. The van der Waals surface area contributed by atoms with Crippen LogP contribution < -0.4 is 15.4 Å². The Kier molecular flexibility index (Phi) is 4.53. The Hall–Kier alpha value is -1.84. The van der Waals surface area contributed by atoms with E-state index in [2.05, 4.69) is 53.1 Å². The molecule has 110 valence electrons. The van der Waals surface area contributed by atoms with E-state index in [1.807, 2.05) is 12.1 Å². The van der Waals surface area contributed by atoms with Crippen LogP contribution >= 0.6 is 0 Å². The van der Waals surface area contributed by atoms with Gasteiger partial charge in [-0.05, 0) is 24.6 Å². The van der Waals surface area contributed by atoms with Crippen molar-refractivity contribution in [2.24, 2.45) is 0 Å². The summed E-state index contributed by atoms with van der Waals surface area (Å²) in [5.74, 6) is 0.951. The molecule has 0 unspecified atom stereocenters. The zero-order valence-electron chi connectivity index (χ0n) is 12.4. The number of hydrogen-bond acceptors (Lipinski definition) is 3. The van der Waals surface area contributed by atoms with Crippen LogP contribution in [-0.2, 0) is 6.54 Å². The van der Waals surface area contributed by atoms with Gasteiger partial charge in [0, 0.05) is 24.2 Å². The van der Waals surface area contributed by atoms with Crippen LogP contribution in [0.4, 0.5) is 0 Å². The van der Waals surface area contributed by atoms with Crippen molar-refractivity contribution in [3.8, 4) is 5.75 Å². The molecule has 3 heteroatoms. The minimum absolute atomic E-state index is 0.390. The van der Waals surface area contributed by atoms with E-state index >= 15 is 0 Å². The molecule has 2 aromatic carbocycles. The van der Waals surface area contributed by atoms with E-state index in [4.69, 9.17) is 4.74 Å². The summed E-state index contributed by atoms with van der Waals surface area (Å²) in [6.07, 6.45) is 1.15. The summed E-state index contributed by atoms with van der Waals surface area (Å²) in [5, 5.41) is 7.27. The molecule has 0 aromatic heterocycles. The Labute approximate surface area is 126 Å². The zero-order chi connectivity index (χ0) is 14.5. The number of para-hydroxylation sites is 1. The minimum Gasteiger partial charge on any atom is -0.496 e. The summed E-state index contributed by atoms with van der Waals surface area (Å²) in [5.41, 5.74) is 2.56. The summed E-state index contributed by atoms with van der Waals surface area (Å²) in [7, 11) is 1.72. The van der Waals surface area contributed by atoms with Crippen molar-refractivity contribution < 1.29 is 4.74 Å². The number of nitrogens with one attached hydrogen (secondary N) is 2. The molecule has 1 aliphatic rings. The Morgan fingerprint density at radius 3 is 2.67 bits per heavy atom. The van der Waals surface area contributed by atoms with Crippen molar-refractivity contribution >= 4 is 0 Å². The number of ether oxygens (including phenoxy) is 1. The molecule has 3 nitrogen and oxygen atoms in total. The summed E-state index contributed by atoms with van der Waals surface area (Å²) in [6.45, 7) is 1.89. The Balaban J connectivity index is 1.67. The first-order valence-electron chi connectivity index (χ1n) is 7.52. The number of rotatable bonds is 5. The summed E-state index contributed by atoms with van der Waals surface area (Å²) in [6, 6.07) is 19.7. The highest BCUT2D eigenvalue weighted by Gasteiger charge is 2.27. The van der Waals surface area contributed by atoms with Crippen LogP contribution in [0.2, 0.25) is 0 Å². The van der Waals surface area contributed by atoms with Gasteiger partial charge in [-0.2, -0.15) is 0 Å². The smallest absolute Gasteiger partial charge is 0.123 e. The molecule has 0 saturated carbocycles. The van der Waals surface area contributed by atoms with Gasteiger partial charge in [0.1, 0.15) is 5.75 Å². The van der Waals surface area contributed by atoms with Crippen molar-refractivity contribution in [2.75, 3.05) is 13.7 Å². The van der Waals surface area contributed by atoms with Gasteiger partial charge in [-0.1, -0.05) is 48.5 Å². The average molecular weight is 282 g/mol. The summed E-state index contributed by atoms with van der Waals surface area (Å²) >= 11 is 0. The fourth-order valence-corrected chi connectivity index (χ4v) is 3.02. The largest absolute Gasteiger partial charge is 0.496 e. The second-order valence-electron chi connectivity index (χ2n) is 5.43. The number of benzene rings is 2. The van der Waals surface area contributed by atoms with E-state index in [0.29, 0.717) is 12.1 Å². The summed E-state index contributed by atoms with van der Waals surface area (Å²) in [4.78, 5) is 0. The average Bonchev–Trinajstić information content (AvgIpc) is 3.02. The molecule has 2 atom stereocenters. The van der Waals surface area contributed by atoms with Crippen LogP contribution in [0.5, 0.6) is 5.75 Å². The molecule has 0 spiro atoms. The molecule has 1 fully saturated rings. The minimum atomic E-state index is 0.390. The lowest BCUT2D eigenvalue weighted by Gasteiger charge is -2.22. The third-order valence-electron chi connectivity index (χ3n) is 4.13. The van der Waals surface area contributed by atoms with Gasteiger partial charge in [0.05, 0.1) is 7.11 Å². The third-order valence-corrected chi connectivity index (χ3v) is 4.13. The van der Waals surface area contributed by atoms with Crippen LogP contribution in [0.1, 0.15) is 23.6 Å². The van der Waals surface area contributed by atoms with Crippen LogP contribution in [0, 0.1) is 0 Å². The number of methoxy groups -OCH3 is 1. The fraction of sp³-hybridized carbons (Fsp3) is 0.333. The maximum absolute atomic E-state index is 5.42. The van der Waals surface area contributed by atoms with Crippen molar-refractivity contribution in [1.29, 1.82) is 0 Å². The SMILES string of the molecule is COc1ccccc1CN[C@H]1CCN[C@@H]1c1ccccc1. The van der Waals surface area contributed by atoms with Crippen molar-refractivity contribution in [2.45, 2.75) is 25.0 Å². The molecular weight excluding hydrogens is 260 g/mol. The lowest BCUT2D eigenvalue weighted by atomic mass is 10.0. The van der Waals surface area contributed by atoms with Gasteiger partial charge in [-0.3, -0.25) is 0 Å². The predicted octanol–water partition coefficient (Wildman–Crippen LogP) is 2.89.